The van der Waals surface area contributed by atoms with Gasteiger partial charge in [-0.05, 0) is 24.6 Å². The highest BCUT2D eigenvalue weighted by molar-refractivity contribution is 5.92. The van der Waals surface area contributed by atoms with Crippen molar-refractivity contribution in [1.82, 2.24) is 0 Å². The summed E-state index contributed by atoms with van der Waals surface area (Å²) in [6.07, 6.45) is 8.35. The molecule has 22 heavy (non-hydrogen) atoms. The van der Waals surface area contributed by atoms with Crippen LogP contribution in [0.25, 0.3) is 0 Å². The Morgan fingerprint density at radius 1 is 1.09 bits per heavy atom. The first-order valence-electron chi connectivity index (χ1n) is 7.98. The third kappa shape index (κ3) is 6.22. The maximum absolute atomic E-state index is 11.7. The van der Waals surface area contributed by atoms with Gasteiger partial charge in [0.15, 0.2) is 0 Å². The van der Waals surface area contributed by atoms with E-state index in [2.05, 4.69) is 18.8 Å². The van der Waals surface area contributed by atoms with Gasteiger partial charge in [-0.1, -0.05) is 50.9 Å². The Bertz CT molecular complexity index is 523. The average molecular weight is 302 g/mol. The molecule has 120 valence electrons. The molecule has 3 nitrogen and oxygen atoms in total. The van der Waals surface area contributed by atoms with E-state index in [1.165, 1.54) is 39.2 Å². The van der Waals surface area contributed by atoms with E-state index in [9.17, 15) is 4.79 Å². The lowest BCUT2D eigenvalue weighted by Gasteiger charge is -2.05. The fourth-order valence-electron chi connectivity index (χ4n) is 2.19. The summed E-state index contributed by atoms with van der Waals surface area (Å²) >= 11 is 0. The lowest BCUT2D eigenvalue weighted by molar-refractivity contribution is 0.0600. The molecule has 0 spiro atoms. The van der Waals surface area contributed by atoms with E-state index in [4.69, 9.17) is 9.47 Å². The third-order valence-electron chi connectivity index (χ3n) is 3.51. The lowest BCUT2D eigenvalue weighted by atomic mass is 10.1. The maximum atomic E-state index is 11.7. The van der Waals surface area contributed by atoms with Crippen molar-refractivity contribution < 1.29 is 14.3 Å². The lowest BCUT2D eigenvalue weighted by Crippen LogP contribution is -2.04. The van der Waals surface area contributed by atoms with E-state index < -0.39 is 0 Å². The Balaban J connectivity index is 2.60. The minimum Gasteiger partial charge on any atom is -0.497 e. The van der Waals surface area contributed by atoms with E-state index in [1.807, 2.05) is 0 Å². The van der Waals surface area contributed by atoms with Gasteiger partial charge in [-0.25, -0.2) is 4.79 Å². The molecule has 0 N–H and O–H groups in total. The van der Waals surface area contributed by atoms with Gasteiger partial charge in [0.2, 0.25) is 0 Å². The molecule has 0 unspecified atom stereocenters. The molecule has 0 fully saturated rings. The molecule has 1 rings (SSSR count). The molecule has 0 aliphatic heterocycles. The second kappa shape index (κ2) is 10.7. The summed E-state index contributed by atoms with van der Waals surface area (Å²) in [4.78, 5) is 11.7. The minimum absolute atomic E-state index is 0.369. The molecule has 1 aromatic rings. The molecule has 0 radical (unpaired) electrons. The molecule has 1 aromatic carbocycles. The monoisotopic (exact) mass is 302 g/mol. The van der Waals surface area contributed by atoms with Crippen LogP contribution in [0.1, 0.15) is 67.8 Å². The number of rotatable bonds is 8. The summed E-state index contributed by atoms with van der Waals surface area (Å²) in [5, 5.41) is 0. The molecule has 0 aliphatic carbocycles. The topological polar surface area (TPSA) is 35.5 Å². The fraction of sp³-hybridized carbons (Fsp3) is 0.526. The molecular weight excluding hydrogens is 276 g/mol. The summed E-state index contributed by atoms with van der Waals surface area (Å²) < 4.78 is 9.97. The van der Waals surface area contributed by atoms with Gasteiger partial charge in [-0.3, -0.25) is 0 Å². The number of ether oxygens (including phenoxy) is 2. The van der Waals surface area contributed by atoms with Crippen molar-refractivity contribution in [3.05, 3.63) is 29.3 Å². The molecule has 3 heteroatoms. The van der Waals surface area contributed by atoms with Crippen LogP contribution in [0.4, 0.5) is 0 Å². The van der Waals surface area contributed by atoms with Crippen molar-refractivity contribution in [3.63, 3.8) is 0 Å². The van der Waals surface area contributed by atoms with E-state index in [0.717, 1.165) is 12.8 Å². The van der Waals surface area contributed by atoms with E-state index in [1.54, 1.807) is 25.3 Å². The molecule has 0 bridgehead atoms. The molecule has 0 atom stereocenters. The van der Waals surface area contributed by atoms with E-state index >= 15 is 0 Å². The van der Waals surface area contributed by atoms with Gasteiger partial charge in [0.1, 0.15) is 5.75 Å². The standard InChI is InChI=1S/C19H26O3/c1-4-5-6-7-8-9-10-11-12-16-15-17(21-2)13-14-18(16)19(20)22-3/h13-15H,4-10H2,1-3H3. The smallest absolute Gasteiger partial charge is 0.339 e. The summed E-state index contributed by atoms with van der Waals surface area (Å²) in [6.45, 7) is 2.22. The van der Waals surface area contributed by atoms with Gasteiger partial charge in [0.05, 0.1) is 19.8 Å². The largest absolute Gasteiger partial charge is 0.497 e. The first-order valence-corrected chi connectivity index (χ1v) is 7.98. The number of carbonyl (C=O) groups excluding carboxylic acids is 1. The van der Waals surface area contributed by atoms with Crippen molar-refractivity contribution in [2.24, 2.45) is 0 Å². The molecular formula is C19H26O3. The number of esters is 1. The predicted molar refractivity (Wildman–Crippen MR) is 89.2 cm³/mol. The zero-order chi connectivity index (χ0) is 16.2. The predicted octanol–water partition coefficient (Wildman–Crippen LogP) is 4.58. The van der Waals surface area contributed by atoms with Crippen LogP contribution >= 0.6 is 0 Å². The van der Waals surface area contributed by atoms with Gasteiger partial charge in [0.25, 0.3) is 0 Å². The molecule has 0 aromatic heterocycles. The average Bonchev–Trinajstić information content (AvgIpc) is 2.56. The van der Waals surface area contributed by atoms with Crippen LogP contribution in [0.2, 0.25) is 0 Å². The Labute approximate surface area is 134 Å². The van der Waals surface area contributed by atoms with Gasteiger partial charge in [-0.2, -0.15) is 0 Å². The van der Waals surface area contributed by atoms with Crippen LogP contribution in [0.15, 0.2) is 18.2 Å². The second-order valence-electron chi connectivity index (χ2n) is 5.22. The van der Waals surface area contributed by atoms with Crippen LogP contribution in [0.5, 0.6) is 5.75 Å². The number of unbranched alkanes of at least 4 members (excludes halogenated alkanes) is 6. The molecule has 0 saturated heterocycles. The number of methoxy groups -OCH3 is 2. The van der Waals surface area contributed by atoms with Crippen molar-refractivity contribution in [1.29, 1.82) is 0 Å². The number of benzene rings is 1. The Kier molecular flexibility index (Phi) is 8.83. The van der Waals surface area contributed by atoms with E-state index in [-0.39, 0.29) is 5.97 Å². The molecule has 0 aliphatic rings. The van der Waals surface area contributed by atoms with Crippen LogP contribution in [-0.2, 0) is 4.74 Å². The second-order valence-corrected chi connectivity index (χ2v) is 5.22. The number of hydrogen-bond acceptors (Lipinski definition) is 3. The first kappa shape index (κ1) is 18.1. The highest BCUT2D eigenvalue weighted by Crippen LogP contribution is 2.18. The first-order chi connectivity index (χ1) is 10.7. The summed E-state index contributed by atoms with van der Waals surface area (Å²) in [5.41, 5.74) is 1.15. The van der Waals surface area contributed by atoms with Crippen LogP contribution in [0.3, 0.4) is 0 Å². The summed E-state index contributed by atoms with van der Waals surface area (Å²) in [7, 11) is 2.97. The number of hydrogen-bond donors (Lipinski definition) is 0. The van der Waals surface area contributed by atoms with Crippen molar-refractivity contribution >= 4 is 5.97 Å². The van der Waals surface area contributed by atoms with Gasteiger partial charge in [-0.15, -0.1) is 0 Å². The molecule has 0 saturated carbocycles. The van der Waals surface area contributed by atoms with Gasteiger partial charge in [0, 0.05) is 12.0 Å². The van der Waals surface area contributed by atoms with Gasteiger partial charge < -0.3 is 9.47 Å². The molecule has 0 amide bonds. The normalized spacial score (nSPS) is 9.77. The van der Waals surface area contributed by atoms with Crippen molar-refractivity contribution in [3.8, 4) is 17.6 Å². The van der Waals surface area contributed by atoms with Crippen LogP contribution in [-0.4, -0.2) is 20.2 Å². The van der Waals surface area contributed by atoms with Gasteiger partial charge >= 0.3 is 5.97 Å². The third-order valence-corrected chi connectivity index (χ3v) is 3.51. The zero-order valence-corrected chi connectivity index (χ0v) is 13.9. The Morgan fingerprint density at radius 2 is 1.82 bits per heavy atom. The van der Waals surface area contributed by atoms with Crippen molar-refractivity contribution in [2.75, 3.05) is 14.2 Å². The Morgan fingerprint density at radius 3 is 2.50 bits per heavy atom. The SMILES string of the molecule is CCCCCCCCC#Cc1cc(OC)ccc1C(=O)OC. The highest BCUT2D eigenvalue weighted by atomic mass is 16.5. The maximum Gasteiger partial charge on any atom is 0.339 e. The van der Waals surface area contributed by atoms with E-state index in [0.29, 0.717) is 16.9 Å². The summed E-state index contributed by atoms with van der Waals surface area (Å²) in [6, 6.07) is 5.21. The summed E-state index contributed by atoms with van der Waals surface area (Å²) in [5.74, 6) is 6.55. The minimum atomic E-state index is -0.369. The zero-order valence-electron chi connectivity index (χ0n) is 13.9. The van der Waals surface area contributed by atoms with Crippen LogP contribution < -0.4 is 4.74 Å². The Hall–Kier alpha value is -1.95. The van der Waals surface area contributed by atoms with Crippen LogP contribution in [0, 0.1) is 11.8 Å². The quantitative estimate of drug-likeness (QED) is 0.400. The highest BCUT2D eigenvalue weighted by Gasteiger charge is 2.11. The molecule has 0 heterocycles. The number of carbonyl (C=O) groups is 1. The van der Waals surface area contributed by atoms with Crippen molar-refractivity contribution in [2.45, 2.75) is 51.9 Å². The fourth-order valence-corrected chi connectivity index (χ4v) is 2.19.